The summed E-state index contributed by atoms with van der Waals surface area (Å²) in [7, 11) is 0. The molecule has 1 amide bonds. The highest BCUT2D eigenvalue weighted by Crippen LogP contribution is 2.14. The average molecular weight is 189 g/mol. The molecule has 2 fully saturated rings. The molecule has 0 saturated carbocycles. The maximum Gasteiger partial charge on any atom is 0.407 e. The molecule has 3 nitrogen and oxygen atoms in total. The van der Waals surface area contributed by atoms with E-state index in [2.05, 4.69) is 21.8 Å². The predicted molar refractivity (Wildman–Crippen MR) is 50.5 cm³/mol. The molecule has 0 bridgehead atoms. The summed E-state index contributed by atoms with van der Waals surface area (Å²) in [6.45, 7) is 1.19. The number of nitrogens with one attached hydrogen (secondary N) is 1. The summed E-state index contributed by atoms with van der Waals surface area (Å²) in [5, 5.41) is 2.46. The first-order chi connectivity index (χ1) is 5.89. The Morgan fingerprint density at radius 2 is 2.00 bits per heavy atom. The lowest BCUT2D eigenvalue weighted by atomic mass is 10.3. The summed E-state index contributed by atoms with van der Waals surface area (Å²) < 4.78 is 4.40. The number of alkyl carbamates (subject to hydrolysis) is 1. The lowest BCUT2D eigenvalue weighted by Gasteiger charge is -2.05. The Morgan fingerprint density at radius 1 is 1.25 bits per heavy atom. The Balaban J connectivity index is 0.000000120. The fourth-order valence-electron chi connectivity index (χ4n) is 1.03. The van der Waals surface area contributed by atoms with Gasteiger partial charge >= 0.3 is 6.09 Å². The summed E-state index contributed by atoms with van der Waals surface area (Å²) in [6, 6.07) is 0. The molecule has 2 rings (SSSR count). The molecule has 4 heteroatoms. The second-order valence-electron chi connectivity index (χ2n) is 2.74. The minimum atomic E-state index is -0.296. The van der Waals surface area contributed by atoms with Gasteiger partial charge in [0.2, 0.25) is 0 Å². The molecule has 0 atom stereocenters. The Hall–Kier alpha value is -0.380. The molecule has 0 aromatic carbocycles. The number of ether oxygens (including phenoxy) is 1. The van der Waals surface area contributed by atoms with Crippen LogP contribution < -0.4 is 5.32 Å². The van der Waals surface area contributed by atoms with Crippen LogP contribution in [-0.2, 0) is 4.74 Å². The number of cyclic esters (lactones) is 1. The van der Waals surface area contributed by atoms with E-state index < -0.39 is 0 Å². The third-order valence-electron chi connectivity index (χ3n) is 1.68. The van der Waals surface area contributed by atoms with Crippen molar-refractivity contribution in [2.75, 3.05) is 24.7 Å². The summed E-state index contributed by atoms with van der Waals surface area (Å²) in [4.78, 5) is 9.91. The molecule has 0 unspecified atom stereocenters. The zero-order valence-corrected chi connectivity index (χ0v) is 7.99. The highest BCUT2D eigenvalue weighted by atomic mass is 32.2. The van der Waals surface area contributed by atoms with Gasteiger partial charge in [-0.3, -0.25) is 0 Å². The van der Waals surface area contributed by atoms with Crippen LogP contribution >= 0.6 is 11.8 Å². The number of carbonyl (C=O) groups is 1. The zero-order chi connectivity index (χ0) is 8.65. The van der Waals surface area contributed by atoms with Crippen molar-refractivity contribution in [3.63, 3.8) is 0 Å². The van der Waals surface area contributed by atoms with Gasteiger partial charge in [-0.25, -0.2) is 4.79 Å². The van der Waals surface area contributed by atoms with E-state index in [0.29, 0.717) is 13.2 Å². The third-order valence-corrected chi connectivity index (χ3v) is 2.84. The van der Waals surface area contributed by atoms with E-state index in [9.17, 15) is 4.79 Å². The van der Waals surface area contributed by atoms with Gasteiger partial charge in [-0.05, 0) is 24.3 Å². The molecule has 0 aliphatic carbocycles. The van der Waals surface area contributed by atoms with Crippen LogP contribution in [0, 0.1) is 0 Å². The number of amides is 1. The summed E-state index contributed by atoms with van der Waals surface area (Å²) in [5.74, 6) is 2.83. The second kappa shape index (κ2) is 6.17. The molecule has 12 heavy (non-hydrogen) atoms. The second-order valence-corrected chi connectivity index (χ2v) is 3.96. The van der Waals surface area contributed by atoms with Gasteiger partial charge in [-0.1, -0.05) is 6.42 Å². The Bertz CT molecular complexity index is 118. The largest absolute Gasteiger partial charge is 0.448 e. The first kappa shape index (κ1) is 9.71. The molecule has 2 heterocycles. The van der Waals surface area contributed by atoms with Gasteiger partial charge in [0.1, 0.15) is 6.61 Å². The van der Waals surface area contributed by atoms with Gasteiger partial charge in [-0.2, -0.15) is 11.8 Å². The van der Waals surface area contributed by atoms with Gasteiger partial charge in [-0.15, -0.1) is 0 Å². The maximum absolute atomic E-state index is 9.91. The van der Waals surface area contributed by atoms with E-state index in [4.69, 9.17) is 0 Å². The van der Waals surface area contributed by atoms with Crippen LogP contribution in [0.5, 0.6) is 0 Å². The molecule has 1 N–H and O–H groups in total. The molecular weight excluding hydrogens is 174 g/mol. The van der Waals surface area contributed by atoms with E-state index in [-0.39, 0.29) is 6.09 Å². The standard InChI is InChI=1S/C5H10S.C3H5NO2/c1-2-4-6-5-3-1;5-3-4-1-2-6-3/h1-5H2;1-2H2,(H,4,5). The van der Waals surface area contributed by atoms with Gasteiger partial charge < -0.3 is 10.1 Å². The lowest BCUT2D eigenvalue weighted by molar-refractivity contribution is 0.178. The molecule has 70 valence electrons. The molecule has 0 radical (unpaired) electrons. The predicted octanol–water partition coefficient (Wildman–Crippen LogP) is 1.63. The fourth-order valence-corrected chi connectivity index (χ4v) is 2.06. The van der Waals surface area contributed by atoms with E-state index in [0.717, 1.165) is 0 Å². The molecule has 2 aliphatic heterocycles. The number of thioether (sulfide) groups is 1. The fraction of sp³-hybridized carbons (Fsp3) is 0.875. The van der Waals surface area contributed by atoms with E-state index >= 15 is 0 Å². The van der Waals surface area contributed by atoms with Crippen molar-refractivity contribution in [2.45, 2.75) is 19.3 Å². The average Bonchev–Trinajstić information content (AvgIpc) is 2.60. The minimum Gasteiger partial charge on any atom is -0.448 e. The van der Waals surface area contributed by atoms with E-state index in [1.54, 1.807) is 0 Å². The normalized spacial score (nSPS) is 21.8. The van der Waals surface area contributed by atoms with Crippen molar-refractivity contribution in [2.24, 2.45) is 0 Å². The summed E-state index contributed by atoms with van der Waals surface area (Å²) in [6.07, 6.45) is 4.11. The highest BCUT2D eigenvalue weighted by molar-refractivity contribution is 7.99. The van der Waals surface area contributed by atoms with Crippen LogP contribution in [0.4, 0.5) is 4.79 Å². The van der Waals surface area contributed by atoms with Crippen LogP contribution in [-0.4, -0.2) is 30.8 Å². The van der Waals surface area contributed by atoms with Crippen molar-refractivity contribution in [1.82, 2.24) is 5.32 Å². The van der Waals surface area contributed by atoms with Crippen molar-refractivity contribution >= 4 is 17.9 Å². The van der Waals surface area contributed by atoms with Crippen molar-refractivity contribution in [3.8, 4) is 0 Å². The topological polar surface area (TPSA) is 38.3 Å². The smallest absolute Gasteiger partial charge is 0.407 e. The first-order valence-electron chi connectivity index (χ1n) is 4.38. The van der Waals surface area contributed by atoms with Crippen molar-refractivity contribution < 1.29 is 9.53 Å². The van der Waals surface area contributed by atoms with Crippen LogP contribution in [0.2, 0.25) is 0 Å². The van der Waals surface area contributed by atoms with Gasteiger partial charge in [0.15, 0.2) is 0 Å². The highest BCUT2D eigenvalue weighted by Gasteiger charge is 2.06. The quantitative estimate of drug-likeness (QED) is 0.629. The third kappa shape index (κ3) is 4.49. The van der Waals surface area contributed by atoms with Crippen molar-refractivity contribution in [3.05, 3.63) is 0 Å². The SMILES string of the molecule is C1CCSCC1.O=C1NCCO1. The van der Waals surface area contributed by atoms with Crippen LogP contribution in [0.25, 0.3) is 0 Å². The van der Waals surface area contributed by atoms with Crippen LogP contribution in [0.3, 0.4) is 0 Å². The minimum absolute atomic E-state index is 0.296. The Morgan fingerprint density at radius 3 is 2.17 bits per heavy atom. The monoisotopic (exact) mass is 189 g/mol. The number of rotatable bonds is 0. The van der Waals surface area contributed by atoms with E-state index in [1.165, 1.54) is 30.8 Å². The van der Waals surface area contributed by atoms with E-state index in [1.807, 2.05) is 0 Å². The molecule has 0 spiro atoms. The first-order valence-corrected chi connectivity index (χ1v) is 5.53. The van der Waals surface area contributed by atoms with Crippen LogP contribution in [0.1, 0.15) is 19.3 Å². The molecule has 2 saturated heterocycles. The molecule has 0 aromatic heterocycles. The zero-order valence-electron chi connectivity index (χ0n) is 7.17. The van der Waals surface area contributed by atoms with Crippen molar-refractivity contribution in [1.29, 1.82) is 0 Å². The molecular formula is C8H15NO2S. The Kier molecular flexibility index (Phi) is 4.99. The molecule has 0 aromatic rings. The molecule has 2 aliphatic rings. The van der Waals surface area contributed by atoms with Gasteiger partial charge in [0.25, 0.3) is 0 Å². The van der Waals surface area contributed by atoms with Gasteiger partial charge in [0.05, 0.1) is 6.54 Å². The van der Waals surface area contributed by atoms with Crippen LogP contribution in [0.15, 0.2) is 0 Å². The maximum atomic E-state index is 9.91. The number of carbonyl (C=O) groups excluding carboxylic acids is 1. The summed E-state index contributed by atoms with van der Waals surface area (Å²) in [5.41, 5.74) is 0. The summed E-state index contributed by atoms with van der Waals surface area (Å²) >= 11 is 2.09. The van der Waals surface area contributed by atoms with Gasteiger partial charge in [0, 0.05) is 0 Å². The Labute approximate surface area is 77.2 Å². The number of hydrogen-bond acceptors (Lipinski definition) is 3. The number of hydrogen-bond donors (Lipinski definition) is 1. The lowest BCUT2D eigenvalue weighted by Crippen LogP contribution is -2.11.